The van der Waals surface area contributed by atoms with E-state index in [9.17, 15) is 4.79 Å². The third-order valence-electron chi connectivity index (χ3n) is 4.46. The Hall–Kier alpha value is -2.66. The minimum atomic E-state index is -0.276. The average molecular weight is 366 g/mol. The van der Waals surface area contributed by atoms with Gasteiger partial charge in [-0.3, -0.25) is 4.79 Å². The number of thiocarbonyl (C=S) groups is 1. The number of nitrogens with zero attached hydrogens (tertiary/aromatic N) is 1. The van der Waals surface area contributed by atoms with E-state index >= 15 is 0 Å². The van der Waals surface area contributed by atoms with Crippen molar-refractivity contribution in [3.63, 3.8) is 0 Å². The highest BCUT2D eigenvalue weighted by atomic mass is 32.1. The van der Waals surface area contributed by atoms with Gasteiger partial charge in [0.1, 0.15) is 11.5 Å². The van der Waals surface area contributed by atoms with Crippen molar-refractivity contribution in [1.82, 2.24) is 10.2 Å². The summed E-state index contributed by atoms with van der Waals surface area (Å²) in [6.07, 6.45) is 0. The van der Waals surface area contributed by atoms with Crippen LogP contribution in [0.4, 0.5) is 0 Å². The summed E-state index contributed by atoms with van der Waals surface area (Å²) >= 11 is 5.50. The van der Waals surface area contributed by atoms with Crippen LogP contribution in [0.1, 0.15) is 32.4 Å². The van der Waals surface area contributed by atoms with Gasteiger partial charge in [0.25, 0.3) is 0 Å². The van der Waals surface area contributed by atoms with Crippen LogP contribution in [-0.4, -0.2) is 22.3 Å². The van der Waals surface area contributed by atoms with E-state index in [1.807, 2.05) is 73.3 Å². The first-order valence-electron chi connectivity index (χ1n) is 8.64. The second-order valence-corrected chi connectivity index (χ2v) is 6.56. The lowest BCUT2D eigenvalue weighted by Crippen LogP contribution is -2.47. The molecule has 1 heterocycles. The number of carbonyl (C=O) groups excluding carboxylic acids is 1. The highest BCUT2D eigenvalue weighted by molar-refractivity contribution is 7.80. The zero-order chi connectivity index (χ0) is 18.7. The van der Waals surface area contributed by atoms with Crippen LogP contribution in [0.2, 0.25) is 0 Å². The molecule has 26 heavy (non-hydrogen) atoms. The molecule has 1 unspecified atom stereocenters. The maximum absolute atomic E-state index is 12.3. The van der Waals surface area contributed by atoms with Crippen LogP contribution >= 0.6 is 12.2 Å². The summed E-state index contributed by atoms with van der Waals surface area (Å²) in [6, 6.07) is 17.1. The zero-order valence-corrected chi connectivity index (χ0v) is 16.0. The highest BCUT2D eigenvalue weighted by Crippen LogP contribution is 2.33. The molecule has 0 amide bonds. The Morgan fingerprint density at radius 1 is 1.15 bits per heavy atom. The van der Waals surface area contributed by atoms with Gasteiger partial charge in [-0.25, -0.2) is 0 Å². The maximum Gasteiger partial charge on any atom is 0.173 e. The summed E-state index contributed by atoms with van der Waals surface area (Å²) in [5, 5.41) is 3.94. The summed E-state index contributed by atoms with van der Waals surface area (Å²) in [7, 11) is 0. The number of rotatable bonds is 5. The number of carbonyl (C=O) groups is 1. The van der Waals surface area contributed by atoms with E-state index in [0.29, 0.717) is 5.11 Å². The number of benzene rings is 2. The van der Waals surface area contributed by atoms with Gasteiger partial charge in [0.2, 0.25) is 0 Å². The monoisotopic (exact) mass is 366 g/mol. The van der Waals surface area contributed by atoms with Crippen molar-refractivity contribution < 1.29 is 9.53 Å². The van der Waals surface area contributed by atoms with Crippen LogP contribution in [0.25, 0.3) is 0 Å². The first kappa shape index (κ1) is 18.1. The van der Waals surface area contributed by atoms with E-state index in [0.717, 1.165) is 34.9 Å². The third-order valence-corrected chi connectivity index (χ3v) is 4.80. The van der Waals surface area contributed by atoms with Crippen molar-refractivity contribution in [2.24, 2.45) is 0 Å². The molecule has 0 aromatic heterocycles. The molecule has 2 aromatic rings. The molecule has 0 saturated heterocycles. The lowest BCUT2D eigenvalue weighted by atomic mass is 9.92. The Balaban J connectivity index is 1.97. The lowest BCUT2D eigenvalue weighted by molar-refractivity contribution is -0.114. The number of para-hydroxylation sites is 1. The fourth-order valence-corrected chi connectivity index (χ4v) is 3.64. The molecular weight excluding hydrogens is 344 g/mol. The second kappa shape index (κ2) is 7.70. The molecule has 1 N–H and O–H groups in total. The molecule has 0 bridgehead atoms. The number of hydrogen-bond acceptors (Lipinski definition) is 3. The molecule has 134 valence electrons. The molecule has 0 spiro atoms. The van der Waals surface area contributed by atoms with Crippen LogP contribution < -0.4 is 10.1 Å². The summed E-state index contributed by atoms with van der Waals surface area (Å²) in [4.78, 5) is 14.3. The van der Waals surface area contributed by atoms with E-state index < -0.39 is 0 Å². The van der Waals surface area contributed by atoms with Crippen molar-refractivity contribution in [1.29, 1.82) is 0 Å². The second-order valence-electron chi connectivity index (χ2n) is 6.17. The first-order valence-corrected chi connectivity index (χ1v) is 9.04. The molecular formula is C21H22N2O2S. The SMILES string of the molecule is CCN1C(=S)NC(c2cccc(Oc3ccccc3)c2)C(C(C)=O)=C1C. The standard InChI is InChI=1S/C21H22N2O2S/c1-4-23-14(2)19(15(3)24)20(22-21(23)26)16-9-8-12-18(13-16)25-17-10-6-5-7-11-17/h5-13,20H,4H2,1-3H3,(H,22,26). The van der Waals surface area contributed by atoms with Gasteiger partial charge in [-0.15, -0.1) is 0 Å². The van der Waals surface area contributed by atoms with E-state index in [4.69, 9.17) is 17.0 Å². The van der Waals surface area contributed by atoms with Crippen molar-refractivity contribution in [3.8, 4) is 11.5 Å². The molecule has 2 aromatic carbocycles. The number of ether oxygens (including phenoxy) is 1. The van der Waals surface area contributed by atoms with Crippen LogP contribution in [0.5, 0.6) is 11.5 Å². The Labute approximate surface area is 159 Å². The summed E-state index contributed by atoms with van der Waals surface area (Å²) < 4.78 is 5.93. The maximum atomic E-state index is 12.3. The molecule has 1 atom stereocenters. The number of allylic oxidation sites excluding steroid dienone is 1. The molecule has 0 radical (unpaired) electrons. The normalized spacial score (nSPS) is 17.1. The summed E-state index contributed by atoms with van der Waals surface area (Å²) in [5.41, 5.74) is 2.58. The number of nitrogens with one attached hydrogen (secondary N) is 1. The molecule has 0 fully saturated rings. The van der Waals surface area contributed by atoms with E-state index in [2.05, 4.69) is 5.32 Å². The number of Topliss-reactive ketones (excluding diaryl/α,β-unsaturated/α-hetero) is 1. The topological polar surface area (TPSA) is 41.6 Å². The van der Waals surface area contributed by atoms with E-state index in [-0.39, 0.29) is 11.8 Å². The molecule has 4 nitrogen and oxygen atoms in total. The fourth-order valence-electron chi connectivity index (χ4n) is 3.25. The molecule has 1 aliphatic rings. The number of hydrogen-bond donors (Lipinski definition) is 1. The zero-order valence-electron chi connectivity index (χ0n) is 15.2. The van der Waals surface area contributed by atoms with Crippen LogP contribution in [0.3, 0.4) is 0 Å². The van der Waals surface area contributed by atoms with Gasteiger partial charge in [0.15, 0.2) is 10.9 Å². The highest BCUT2D eigenvalue weighted by Gasteiger charge is 2.31. The van der Waals surface area contributed by atoms with Crippen LogP contribution in [0, 0.1) is 0 Å². The molecule has 0 aliphatic carbocycles. The number of ketones is 1. The van der Waals surface area contributed by atoms with E-state index in [1.165, 1.54) is 0 Å². The van der Waals surface area contributed by atoms with Crippen molar-refractivity contribution >= 4 is 23.1 Å². The van der Waals surface area contributed by atoms with Gasteiger partial charge < -0.3 is 15.0 Å². The van der Waals surface area contributed by atoms with Crippen molar-refractivity contribution in [2.75, 3.05) is 6.54 Å². The average Bonchev–Trinajstić information content (AvgIpc) is 2.62. The molecule has 0 saturated carbocycles. The van der Waals surface area contributed by atoms with Gasteiger partial charge in [0, 0.05) is 17.8 Å². The fraction of sp³-hybridized carbons (Fsp3) is 0.238. The molecule has 5 heteroatoms. The Morgan fingerprint density at radius 2 is 1.85 bits per heavy atom. The van der Waals surface area contributed by atoms with Gasteiger partial charge >= 0.3 is 0 Å². The minimum Gasteiger partial charge on any atom is -0.457 e. The summed E-state index contributed by atoms with van der Waals surface area (Å²) in [6.45, 7) is 6.28. The van der Waals surface area contributed by atoms with Gasteiger partial charge in [-0.1, -0.05) is 30.3 Å². The Morgan fingerprint density at radius 3 is 2.50 bits per heavy atom. The molecule has 1 aliphatic heterocycles. The smallest absolute Gasteiger partial charge is 0.173 e. The van der Waals surface area contributed by atoms with Crippen molar-refractivity contribution in [2.45, 2.75) is 26.8 Å². The third kappa shape index (κ3) is 3.63. The summed E-state index contributed by atoms with van der Waals surface area (Å²) in [5.74, 6) is 1.53. The Kier molecular flexibility index (Phi) is 5.38. The van der Waals surface area contributed by atoms with Gasteiger partial charge in [0.05, 0.1) is 6.04 Å². The van der Waals surface area contributed by atoms with Crippen LogP contribution in [0.15, 0.2) is 65.9 Å². The Bertz CT molecular complexity index is 861. The predicted octanol–water partition coefficient (Wildman–Crippen LogP) is 4.59. The van der Waals surface area contributed by atoms with Crippen molar-refractivity contribution in [3.05, 3.63) is 71.4 Å². The lowest BCUT2D eigenvalue weighted by Gasteiger charge is -2.37. The minimum absolute atomic E-state index is 0.0373. The molecule has 3 rings (SSSR count). The quantitative estimate of drug-likeness (QED) is 0.784. The van der Waals surface area contributed by atoms with E-state index in [1.54, 1.807) is 6.92 Å². The van der Waals surface area contributed by atoms with Gasteiger partial charge in [-0.2, -0.15) is 0 Å². The van der Waals surface area contributed by atoms with Gasteiger partial charge in [-0.05, 0) is 62.8 Å². The first-order chi connectivity index (χ1) is 12.5. The van der Waals surface area contributed by atoms with Crippen LogP contribution in [-0.2, 0) is 4.79 Å². The largest absolute Gasteiger partial charge is 0.457 e. The predicted molar refractivity (Wildman–Crippen MR) is 107 cm³/mol.